The molecule has 5 nitrogen and oxygen atoms in total. The molecule has 0 N–H and O–H groups in total. The van der Waals surface area contributed by atoms with E-state index in [2.05, 4.69) is 17.1 Å². The third kappa shape index (κ3) is 4.64. The number of benzene rings is 2. The molecular weight excluding hydrogens is 455 g/mol. The first-order valence-corrected chi connectivity index (χ1v) is 11.2. The minimum Gasteiger partial charge on any atom is -0.332 e. The van der Waals surface area contributed by atoms with Crippen LogP contribution in [0.4, 0.5) is 0 Å². The quantitative estimate of drug-likeness (QED) is 0.258. The van der Waals surface area contributed by atoms with Gasteiger partial charge >= 0.3 is 0 Å². The number of hydrogen-bond acceptors (Lipinski definition) is 4. The molecule has 0 amide bonds. The Morgan fingerprint density at radius 2 is 1.71 bits per heavy atom. The van der Waals surface area contributed by atoms with Gasteiger partial charge in [0.05, 0.1) is 16.4 Å². The molecule has 2 aromatic heterocycles. The highest BCUT2D eigenvalue weighted by Gasteiger charge is 2.23. The summed E-state index contributed by atoms with van der Waals surface area (Å²) in [5, 5.41) is 10.6. The van der Waals surface area contributed by atoms with Crippen molar-refractivity contribution in [2.45, 2.75) is 39.5 Å². The van der Waals surface area contributed by atoms with E-state index in [1.807, 2.05) is 37.3 Å². The lowest BCUT2D eigenvalue weighted by molar-refractivity contribution is 0.419. The van der Waals surface area contributed by atoms with Gasteiger partial charge < -0.3 is 4.52 Å². The zero-order valence-electron chi connectivity index (χ0n) is 17.2. The summed E-state index contributed by atoms with van der Waals surface area (Å²) in [5.41, 5.74) is 4.02. The SMILES string of the molecule is CCCCCc1noc(-c2nn(-c3ccc(Cl)cc3Cl)c(-c3ccc(Cl)cc3)c2C)n1. The Labute approximate surface area is 195 Å². The monoisotopic (exact) mass is 474 g/mol. The summed E-state index contributed by atoms with van der Waals surface area (Å²) < 4.78 is 7.34. The van der Waals surface area contributed by atoms with Gasteiger partial charge in [0.2, 0.25) is 0 Å². The van der Waals surface area contributed by atoms with Crippen LogP contribution < -0.4 is 0 Å². The van der Waals surface area contributed by atoms with Crippen molar-refractivity contribution < 1.29 is 4.52 Å². The van der Waals surface area contributed by atoms with Crippen LogP contribution in [0.1, 0.15) is 37.6 Å². The van der Waals surface area contributed by atoms with Crippen molar-refractivity contribution in [1.29, 1.82) is 0 Å². The number of hydrogen-bond donors (Lipinski definition) is 0. The summed E-state index contributed by atoms with van der Waals surface area (Å²) >= 11 is 18.7. The first-order chi connectivity index (χ1) is 15.0. The van der Waals surface area contributed by atoms with E-state index in [9.17, 15) is 0 Å². The van der Waals surface area contributed by atoms with Gasteiger partial charge in [-0.25, -0.2) is 4.68 Å². The average Bonchev–Trinajstić information content (AvgIpc) is 3.33. The Bertz CT molecular complexity index is 1200. The molecule has 0 saturated heterocycles. The first kappa shape index (κ1) is 21.9. The topological polar surface area (TPSA) is 56.7 Å². The van der Waals surface area contributed by atoms with Crippen molar-refractivity contribution in [2.75, 3.05) is 0 Å². The molecule has 31 heavy (non-hydrogen) atoms. The molecule has 2 aromatic carbocycles. The molecule has 0 atom stereocenters. The molecule has 0 spiro atoms. The number of rotatable bonds is 7. The number of halogens is 3. The number of unbranched alkanes of at least 4 members (excludes halogenated alkanes) is 2. The predicted molar refractivity (Wildman–Crippen MR) is 125 cm³/mol. The lowest BCUT2D eigenvalue weighted by Gasteiger charge is -2.11. The zero-order valence-corrected chi connectivity index (χ0v) is 19.5. The third-order valence-corrected chi connectivity index (χ3v) is 5.84. The van der Waals surface area contributed by atoms with Crippen LogP contribution in [0.25, 0.3) is 28.5 Å². The van der Waals surface area contributed by atoms with Crippen molar-refractivity contribution in [3.05, 3.63) is 68.9 Å². The van der Waals surface area contributed by atoms with E-state index >= 15 is 0 Å². The van der Waals surface area contributed by atoms with Gasteiger partial charge in [0.25, 0.3) is 5.89 Å². The highest BCUT2D eigenvalue weighted by atomic mass is 35.5. The van der Waals surface area contributed by atoms with E-state index < -0.39 is 0 Å². The number of nitrogens with zero attached hydrogens (tertiary/aromatic N) is 4. The normalized spacial score (nSPS) is 11.3. The maximum absolute atomic E-state index is 6.51. The summed E-state index contributed by atoms with van der Waals surface area (Å²) in [4.78, 5) is 4.58. The molecule has 0 aliphatic carbocycles. The molecule has 0 saturated carbocycles. The average molecular weight is 476 g/mol. The van der Waals surface area contributed by atoms with Gasteiger partial charge in [-0.15, -0.1) is 0 Å². The number of aromatic nitrogens is 4. The van der Waals surface area contributed by atoms with E-state index in [0.717, 1.165) is 42.5 Å². The second-order valence-electron chi connectivity index (χ2n) is 7.31. The molecule has 8 heteroatoms. The van der Waals surface area contributed by atoms with Crippen LogP contribution in [-0.2, 0) is 6.42 Å². The lowest BCUT2D eigenvalue weighted by atomic mass is 10.1. The maximum atomic E-state index is 6.51. The van der Waals surface area contributed by atoms with Gasteiger partial charge in [-0.1, -0.05) is 71.9 Å². The first-order valence-electron chi connectivity index (χ1n) is 10.1. The van der Waals surface area contributed by atoms with Crippen LogP contribution in [0.15, 0.2) is 47.0 Å². The Morgan fingerprint density at radius 1 is 0.968 bits per heavy atom. The molecule has 0 radical (unpaired) electrons. The van der Waals surface area contributed by atoms with Gasteiger partial charge in [0, 0.05) is 27.6 Å². The molecule has 0 aliphatic rings. The third-order valence-electron chi connectivity index (χ3n) is 5.05. The van der Waals surface area contributed by atoms with Crippen molar-refractivity contribution in [3.63, 3.8) is 0 Å². The highest BCUT2D eigenvalue weighted by Crippen LogP contribution is 2.36. The fraction of sp³-hybridized carbons (Fsp3) is 0.261. The fourth-order valence-corrected chi connectivity index (χ4v) is 4.07. The van der Waals surface area contributed by atoms with Gasteiger partial charge in [-0.05, 0) is 43.7 Å². The fourth-order valence-electron chi connectivity index (χ4n) is 3.46. The largest absolute Gasteiger partial charge is 0.332 e. The summed E-state index contributed by atoms with van der Waals surface area (Å²) in [7, 11) is 0. The van der Waals surface area contributed by atoms with Crippen LogP contribution >= 0.6 is 34.8 Å². The predicted octanol–water partition coefficient (Wildman–Crippen LogP) is 7.59. The molecule has 0 fully saturated rings. The molecule has 160 valence electrons. The summed E-state index contributed by atoms with van der Waals surface area (Å²) in [5.74, 6) is 1.08. The van der Waals surface area contributed by atoms with E-state index in [1.165, 1.54) is 0 Å². The second kappa shape index (κ2) is 9.43. The van der Waals surface area contributed by atoms with Crippen LogP contribution in [0, 0.1) is 6.92 Å². The summed E-state index contributed by atoms with van der Waals surface area (Å²) in [6.07, 6.45) is 4.08. The van der Waals surface area contributed by atoms with E-state index in [0.29, 0.717) is 38.2 Å². The highest BCUT2D eigenvalue weighted by molar-refractivity contribution is 6.35. The maximum Gasteiger partial charge on any atom is 0.278 e. The Hall–Kier alpha value is -2.34. The molecule has 4 aromatic rings. The van der Waals surface area contributed by atoms with E-state index in [1.54, 1.807) is 16.8 Å². The van der Waals surface area contributed by atoms with Gasteiger partial charge in [-0.2, -0.15) is 10.1 Å². The van der Waals surface area contributed by atoms with E-state index in [-0.39, 0.29) is 0 Å². The van der Waals surface area contributed by atoms with Crippen molar-refractivity contribution in [1.82, 2.24) is 19.9 Å². The van der Waals surface area contributed by atoms with Crippen molar-refractivity contribution in [2.24, 2.45) is 0 Å². The molecule has 0 unspecified atom stereocenters. The van der Waals surface area contributed by atoms with Gasteiger partial charge in [0.1, 0.15) is 0 Å². The van der Waals surface area contributed by atoms with Gasteiger partial charge in [-0.3, -0.25) is 0 Å². The molecule has 0 bridgehead atoms. The zero-order chi connectivity index (χ0) is 22.0. The smallest absolute Gasteiger partial charge is 0.278 e. The van der Waals surface area contributed by atoms with Crippen LogP contribution in [-0.4, -0.2) is 19.9 Å². The van der Waals surface area contributed by atoms with Crippen LogP contribution in [0.2, 0.25) is 15.1 Å². The van der Waals surface area contributed by atoms with Crippen LogP contribution in [0.5, 0.6) is 0 Å². The molecular formula is C23H21Cl3N4O. The minimum absolute atomic E-state index is 0.392. The lowest BCUT2D eigenvalue weighted by Crippen LogP contribution is -2.00. The minimum atomic E-state index is 0.392. The summed E-state index contributed by atoms with van der Waals surface area (Å²) in [6.45, 7) is 4.14. The van der Waals surface area contributed by atoms with Gasteiger partial charge in [0.15, 0.2) is 11.5 Å². The molecule has 4 rings (SSSR count). The molecule has 0 aliphatic heterocycles. The molecule has 2 heterocycles. The standard InChI is InChI=1S/C23H21Cl3N4O/c1-3-4-5-6-20-27-23(31-29-20)21-14(2)22(15-7-9-16(24)10-8-15)30(28-21)19-12-11-17(25)13-18(19)26/h7-13H,3-6H2,1-2H3. The Balaban J connectivity index is 1.83. The summed E-state index contributed by atoms with van der Waals surface area (Å²) in [6, 6.07) is 12.9. The Morgan fingerprint density at radius 3 is 2.42 bits per heavy atom. The Kier molecular flexibility index (Phi) is 6.65. The van der Waals surface area contributed by atoms with Crippen molar-refractivity contribution >= 4 is 34.8 Å². The van der Waals surface area contributed by atoms with E-state index in [4.69, 9.17) is 44.4 Å². The van der Waals surface area contributed by atoms with Crippen molar-refractivity contribution in [3.8, 4) is 28.5 Å². The second-order valence-corrected chi connectivity index (χ2v) is 8.59. The number of aryl methyl sites for hydroxylation is 1. The van der Waals surface area contributed by atoms with Crippen LogP contribution in [0.3, 0.4) is 0 Å².